The van der Waals surface area contributed by atoms with Gasteiger partial charge in [0.1, 0.15) is 0 Å². The maximum absolute atomic E-state index is 4.49. The van der Waals surface area contributed by atoms with Crippen molar-refractivity contribution >= 4 is 32.3 Å². The maximum atomic E-state index is 4.49. The second-order valence-electron chi connectivity index (χ2n) is 11.3. The summed E-state index contributed by atoms with van der Waals surface area (Å²) in [5.74, 6) is 0. The fourth-order valence-electron chi connectivity index (χ4n) is 6.50. The van der Waals surface area contributed by atoms with E-state index in [4.69, 9.17) is 0 Å². The van der Waals surface area contributed by atoms with E-state index >= 15 is 0 Å². The molecule has 43 heavy (non-hydrogen) atoms. The summed E-state index contributed by atoms with van der Waals surface area (Å²) in [6, 6.07) is 55.0. The van der Waals surface area contributed by atoms with E-state index in [1.807, 2.05) is 24.4 Å². The van der Waals surface area contributed by atoms with Crippen LogP contribution >= 0.6 is 0 Å². The minimum absolute atomic E-state index is 0.993. The summed E-state index contributed by atoms with van der Waals surface area (Å²) in [4.78, 5) is 4.49. The van der Waals surface area contributed by atoms with Gasteiger partial charge in [0.25, 0.3) is 0 Å². The van der Waals surface area contributed by atoms with E-state index in [9.17, 15) is 0 Å². The molecule has 0 bridgehead atoms. The van der Waals surface area contributed by atoms with Gasteiger partial charge in [-0.2, -0.15) is 0 Å². The van der Waals surface area contributed by atoms with E-state index in [1.54, 1.807) is 0 Å². The Morgan fingerprint density at radius 1 is 0.372 bits per heavy atom. The number of benzene rings is 7. The van der Waals surface area contributed by atoms with Crippen LogP contribution in [0.4, 0.5) is 0 Å². The normalized spacial score (nSPS) is 11.4. The molecule has 1 heterocycles. The molecule has 0 spiro atoms. The maximum Gasteiger partial charge on any atom is 0.0701 e. The number of nitrogens with zero attached hydrogens (tertiary/aromatic N) is 1. The highest BCUT2D eigenvalue weighted by molar-refractivity contribution is 6.21. The lowest BCUT2D eigenvalue weighted by atomic mass is 9.85. The van der Waals surface area contributed by atoms with Crippen LogP contribution in [0.15, 0.2) is 158 Å². The van der Waals surface area contributed by atoms with Gasteiger partial charge in [0.2, 0.25) is 0 Å². The van der Waals surface area contributed by atoms with Gasteiger partial charge in [0, 0.05) is 11.8 Å². The molecule has 202 valence electrons. The molecule has 0 aliphatic rings. The molecule has 0 atom stereocenters. The zero-order chi connectivity index (χ0) is 28.8. The van der Waals surface area contributed by atoms with Crippen molar-refractivity contribution in [1.82, 2.24) is 4.98 Å². The third kappa shape index (κ3) is 4.47. The summed E-state index contributed by atoms with van der Waals surface area (Å²) < 4.78 is 0. The van der Waals surface area contributed by atoms with Crippen LogP contribution in [0.5, 0.6) is 0 Å². The summed E-state index contributed by atoms with van der Waals surface area (Å²) in [5, 5.41) is 7.60. The highest BCUT2D eigenvalue weighted by Gasteiger charge is 2.16. The highest BCUT2D eigenvalue weighted by Crippen LogP contribution is 2.44. The predicted molar refractivity (Wildman–Crippen MR) is 183 cm³/mol. The van der Waals surface area contributed by atoms with Crippen LogP contribution in [-0.2, 0) is 0 Å². The Bertz CT molecular complexity index is 2220. The van der Waals surface area contributed by atoms with E-state index in [0.29, 0.717) is 0 Å². The number of aryl methyl sites for hydroxylation is 1. The molecule has 0 saturated carbocycles. The number of fused-ring (bicyclic) bond motifs is 3. The number of rotatable bonds is 4. The van der Waals surface area contributed by atoms with Gasteiger partial charge in [-0.15, -0.1) is 0 Å². The first-order valence-electron chi connectivity index (χ1n) is 14.8. The molecule has 0 aliphatic carbocycles. The lowest BCUT2D eigenvalue weighted by molar-refractivity contribution is 1.33. The lowest BCUT2D eigenvalue weighted by Crippen LogP contribution is -1.91. The molecular formula is C42H29N. The van der Waals surface area contributed by atoms with Crippen LogP contribution in [0.25, 0.3) is 77.0 Å². The van der Waals surface area contributed by atoms with Crippen LogP contribution in [0.2, 0.25) is 0 Å². The van der Waals surface area contributed by atoms with Gasteiger partial charge in [0.15, 0.2) is 0 Å². The van der Waals surface area contributed by atoms with Crippen LogP contribution in [0.3, 0.4) is 0 Å². The van der Waals surface area contributed by atoms with Crippen molar-refractivity contribution in [2.24, 2.45) is 0 Å². The predicted octanol–water partition coefficient (Wildman–Crippen LogP) is 11.5. The molecule has 0 amide bonds. The smallest absolute Gasteiger partial charge is 0.0701 e. The molecule has 0 N–H and O–H groups in total. The Balaban J connectivity index is 1.25. The first-order valence-corrected chi connectivity index (χ1v) is 14.8. The average Bonchev–Trinajstić information content (AvgIpc) is 3.07. The number of pyridine rings is 1. The van der Waals surface area contributed by atoms with E-state index in [1.165, 1.54) is 71.3 Å². The SMILES string of the molecule is Cc1cccc(-c2c3ccccc3c(-c3ccc4cc(-c5ccc(-c6ccccn6)cc5)ccc4c3)c3ccccc23)c1. The third-order valence-electron chi connectivity index (χ3n) is 8.55. The number of aromatic nitrogens is 1. The molecule has 7 aromatic carbocycles. The van der Waals surface area contributed by atoms with Gasteiger partial charge < -0.3 is 0 Å². The Labute approximate surface area is 251 Å². The van der Waals surface area contributed by atoms with E-state index in [-0.39, 0.29) is 0 Å². The second kappa shape index (κ2) is 10.4. The van der Waals surface area contributed by atoms with Gasteiger partial charge in [-0.05, 0) is 96.9 Å². The van der Waals surface area contributed by atoms with Crippen LogP contribution in [0.1, 0.15) is 5.56 Å². The minimum Gasteiger partial charge on any atom is -0.256 e. The van der Waals surface area contributed by atoms with Gasteiger partial charge in [-0.25, -0.2) is 0 Å². The van der Waals surface area contributed by atoms with Gasteiger partial charge in [-0.1, -0.05) is 133 Å². The molecule has 0 aliphatic heterocycles. The Kier molecular flexibility index (Phi) is 6.09. The van der Waals surface area contributed by atoms with Gasteiger partial charge in [-0.3, -0.25) is 4.98 Å². The van der Waals surface area contributed by atoms with Crippen molar-refractivity contribution in [3.63, 3.8) is 0 Å². The lowest BCUT2D eigenvalue weighted by Gasteiger charge is -2.18. The Hall–Kier alpha value is -5.53. The molecule has 0 saturated heterocycles. The highest BCUT2D eigenvalue weighted by atomic mass is 14.7. The van der Waals surface area contributed by atoms with Crippen molar-refractivity contribution in [2.75, 3.05) is 0 Å². The van der Waals surface area contributed by atoms with Crippen LogP contribution in [0, 0.1) is 6.92 Å². The van der Waals surface area contributed by atoms with Crippen molar-refractivity contribution in [3.8, 4) is 44.6 Å². The monoisotopic (exact) mass is 547 g/mol. The van der Waals surface area contributed by atoms with Crippen LogP contribution < -0.4 is 0 Å². The molecule has 8 aromatic rings. The van der Waals surface area contributed by atoms with Crippen LogP contribution in [-0.4, -0.2) is 4.98 Å². The first kappa shape index (κ1) is 25.2. The molecule has 0 unspecified atom stereocenters. The summed E-state index contributed by atoms with van der Waals surface area (Å²) in [6.07, 6.45) is 1.84. The molecule has 0 fully saturated rings. The number of hydrogen-bond donors (Lipinski definition) is 0. The molecule has 1 heteroatoms. The topological polar surface area (TPSA) is 12.9 Å². The zero-order valence-electron chi connectivity index (χ0n) is 24.0. The van der Waals surface area contributed by atoms with Gasteiger partial charge in [0.05, 0.1) is 5.69 Å². The molecular weight excluding hydrogens is 518 g/mol. The molecule has 8 rings (SSSR count). The summed E-state index contributed by atoms with van der Waals surface area (Å²) in [5.41, 5.74) is 10.9. The standard InChI is InChI=1S/C42H29N/c1-28-9-8-10-34(25-28)41-36-11-2-4-13-38(36)42(39-14-5-3-12-37(39)41)35-23-22-32-26-31(20-21-33(32)27-35)29-16-18-30(19-17-29)40-15-6-7-24-43-40/h2-27H,1H3. The van der Waals surface area contributed by atoms with E-state index < -0.39 is 0 Å². The van der Waals surface area contributed by atoms with Crippen molar-refractivity contribution < 1.29 is 0 Å². The minimum atomic E-state index is 0.993. The van der Waals surface area contributed by atoms with Crippen molar-refractivity contribution in [1.29, 1.82) is 0 Å². The Morgan fingerprint density at radius 3 is 1.47 bits per heavy atom. The number of hydrogen-bond acceptors (Lipinski definition) is 1. The zero-order valence-corrected chi connectivity index (χ0v) is 24.0. The summed E-state index contributed by atoms with van der Waals surface area (Å²) in [7, 11) is 0. The van der Waals surface area contributed by atoms with E-state index in [2.05, 4.69) is 145 Å². The third-order valence-corrected chi connectivity index (χ3v) is 8.55. The molecule has 0 radical (unpaired) electrons. The Morgan fingerprint density at radius 2 is 0.884 bits per heavy atom. The molecule has 1 aromatic heterocycles. The first-order chi connectivity index (χ1) is 21.2. The second-order valence-corrected chi connectivity index (χ2v) is 11.3. The van der Waals surface area contributed by atoms with Crippen molar-refractivity contribution in [2.45, 2.75) is 6.92 Å². The van der Waals surface area contributed by atoms with E-state index in [0.717, 1.165) is 11.3 Å². The summed E-state index contributed by atoms with van der Waals surface area (Å²) >= 11 is 0. The quantitative estimate of drug-likeness (QED) is 0.200. The fourth-order valence-corrected chi connectivity index (χ4v) is 6.50. The van der Waals surface area contributed by atoms with Gasteiger partial charge >= 0.3 is 0 Å². The molecule has 1 nitrogen and oxygen atoms in total. The van der Waals surface area contributed by atoms with Crippen molar-refractivity contribution in [3.05, 3.63) is 163 Å². The average molecular weight is 548 g/mol. The fraction of sp³-hybridized carbons (Fsp3) is 0.0238. The summed E-state index contributed by atoms with van der Waals surface area (Å²) in [6.45, 7) is 2.17. The largest absolute Gasteiger partial charge is 0.256 e.